The lowest BCUT2D eigenvalue weighted by atomic mass is 10.1. The first-order chi connectivity index (χ1) is 16.5. The number of amides is 1. The third kappa shape index (κ3) is 4.07. The summed E-state index contributed by atoms with van der Waals surface area (Å²) in [6.07, 6.45) is 6.12. The van der Waals surface area contributed by atoms with Crippen LogP contribution in [0.15, 0.2) is 48.8 Å². The second-order valence-corrected chi connectivity index (χ2v) is 8.77. The minimum atomic E-state index is -0.174. The lowest BCUT2D eigenvalue weighted by Gasteiger charge is -2.10. The monoisotopic (exact) mass is 456 g/mol. The Balaban J connectivity index is 1.37. The molecular formula is C26H28N6O2. The summed E-state index contributed by atoms with van der Waals surface area (Å²) >= 11 is 0. The van der Waals surface area contributed by atoms with E-state index >= 15 is 0 Å². The number of aromatic nitrogens is 4. The number of ether oxygens (including phenoxy) is 1. The standard InChI is InChI=1S/C26H28N6O2/c1-16-7-12-20(21(13-16)34-2)26(33)28-14-17-8-10-18(11-9-17)23-22-24(27)29-15-30-25(22)32(31-23)19-5-3-4-6-19/h7-13,15,19H,3-6,14H2,1-2H3,(H,28,33)(H2,27,29,30). The Morgan fingerprint density at radius 2 is 1.91 bits per heavy atom. The van der Waals surface area contributed by atoms with Crippen molar-refractivity contribution in [3.63, 3.8) is 0 Å². The smallest absolute Gasteiger partial charge is 0.255 e. The van der Waals surface area contributed by atoms with E-state index in [2.05, 4.69) is 15.3 Å². The molecule has 0 bridgehead atoms. The van der Waals surface area contributed by atoms with Crippen LogP contribution in [0.5, 0.6) is 5.75 Å². The number of nitrogens with zero attached hydrogens (tertiary/aromatic N) is 4. The van der Waals surface area contributed by atoms with E-state index < -0.39 is 0 Å². The van der Waals surface area contributed by atoms with Gasteiger partial charge in [-0.15, -0.1) is 0 Å². The molecule has 5 rings (SSSR count). The lowest BCUT2D eigenvalue weighted by molar-refractivity contribution is 0.0948. The second-order valence-electron chi connectivity index (χ2n) is 8.77. The van der Waals surface area contributed by atoms with Crippen molar-refractivity contribution in [3.05, 3.63) is 65.5 Å². The summed E-state index contributed by atoms with van der Waals surface area (Å²) < 4.78 is 7.38. The highest BCUT2D eigenvalue weighted by Crippen LogP contribution is 2.36. The SMILES string of the molecule is COc1cc(C)ccc1C(=O)NCc1ccc(-c2nn(C3CCCC3)c3ncnc(N)c23)cc1. The minimum Gasteiger partial charge on any atom is -0.496 e. The Labute approximate surface area is 198 Å². The minimum absolute atomic E-state index is 0.174. The molecule has 8 nitrogen and oxygen atoms in total. The van der Waals surface area contributed by atoms with Gasteiger partial charge in [0.05, 0.1) is 24.1 Å². The highest BCUT2D eigenvalue weighted by atomic mass is 16.5. The van der Waals surface area contributed by atoms with E-state index in [1.165, 1.54) is 19.2 Å². The molecule has 174 valence electrons. The first-order valence-electron chi connectivity index (χ1n) is 11.6. The topological polar surface area (TPSA) is 108 Å². The van der Waals surface area contributed by atoms with E-state index in [-0.39, 0.29) is 5.91 Å². The molecule has 34 heavy (non-hydrogen) atoms. The summed E-state index contributed by atoms with van der Waals surface area (Å²) in [4.78, 5) is 21.4. The normalized spacial score (nSPS) is 13.9. The molecule has 1 saturated carbocycles. The van der Waals surface area contributed by atoms with Crippen molar-refractivity contribution in [2.75, 3.05) is 12.8 Å². The quantitative estimate of drug-likeness (QED) is 0.444. The molecular weight excluding hydrogens is 428 g/mol. The number of aryl methyl sites for hydroxylation is 1. The predicted octanol–water partition coefficient (Wildman–Crippen LogP) is 4.44. The van der Waals surface area contributed by atoms with Crippen LogP contribution >= 0.6 is 0 Å². The third-order valence-electron chi connectivity index (χ3n) is 6.47. The van der Waals surface area contributed by atoms with Gasteiger partial charge in [-0.1, -0.05) is 43.2 Å². The van der Waals surface area contributed by atoms with Crippen LogP contribution < -0.4 is 15.8 Å². The molecule has 8 heteroatoms. The summed E-state index contributed by atoms with van der Waals surface area (Å²) in [5.41, 5.74) is 11.3. The van der Waals surface area contributed by atoms with Crippen LogP contribution in [0.1, 0.15) is 53.2 Å². The molecule has 4 aromatic rings. The number of fused-ring (bicyclic) bond motifs is 1. The number of nitrogens with one attached hydrogen (secondary N) is 1. The van der Waals surface area contributed by atoms with E-state index in [1.807, 2.05) is 48.0 Å². The van der Waals surface area contributed by atoms with Gasteiger partial charge >= 0.3 is 0 Å². The zero-order valence-corrected chi connectivity index (χ0v) is 19.4. The molecule has 1 aliphatic rings. The van der Waals surface area contributed by atoms with Gasteiger partial charge in [-0.3, -0.25) is 4.79 Å². The molecule has 3 N–H and O–H groups in total. The van der Waals surface area contributed by atoms with Crippen molar-refractivity contribution in [2.24, 2.45) is 0 Å². The number of hydrogen-bond donors (Lipinski definition) is 2. The van der Waals surface area contributed by atoms with Gasteiger partial charge in [-0.05, 0) is 43.0 Å². The number of methoxy groups -OCH3 is 1. The Bertz CT molecular complexity index is 1340. The van der Waals surface area contributed by atoms with Gasteiger partial charge in [0.2, 0.25) is 0 Å². The van der Waals surface area contributed by atoms with Gasteiger partial charge in [0.15, 0.2) is 5.65 Å². The fourth-order valence-electron chi connectivity index (χ4n) is 4.64. The van der Waals surface area contributed by atoms with E-state index in [4.69, 9.17) is 15.6 Å². The van der Waals surface area contributed by atoms with Crippen molar-refractivity contribution in [3.8, 4) is 17.0 Å². The van der Waals surface area contributed by atoms with Gasteiger partial charge in [-0.25, -0.2) is 14.6 Å². The Morgan fingerprint density at radius 3 is 2.65 bits per heavy atom. The molecule has 0 radical (unpaired) electrons. The number of carbonyl (C=O) groups excluding carboxylic acids is 1. The third-order valence-corrected chi connectivity index (χ3v) is 6.47. The summed E-state index contributed by atoms with van der Waals surface area (Å²) in [6.45, 7) is 2.37. The largest absolute Gasteiger partial charge is 0.496 e. The number of nitrogens with two attached hydrogens (primary N) is 1. The van der Waals surface area contributed by atoms with Crippen molar-refractivity contribution < 1.29 is 9.53 Å². The van der Waals surface area contributed by atoms with E-state index in [9.17, 15) is 4.79 Å². The van der Waals surface area contributed by atoms with Crippen LogP contribution in [-0.2, 0) is 6.54 Å². The zero-order valence-electron chi connectivity index (χ0n) is 19.4. The Morgan fingerprint density at radius 1 is 1.15 bits per heavy atom. The number of anilines is 1. The molecule has 0 unspecified atom stereocenters. The molecule has 1 aliphatic carbocycles. The Kier molecular flexibility index (Phi) is 5.88. The van der Waals surface area contributed by atoms with Gasteiger partial charge in [0, 0.05) is 12.1 Å². The summed E-state index contributed by atoms with van der Waals surface area (Å²) in [5.74, 6) is 0.831. The second kappa shape index (κ2) is 9.13. The fourth-order valence-corrected chi connectivity index (χ4v) is 4.64. The van der Waals surface area contributed by atoms with Crippen LogP contribution in [0.3, 0.4) is 0 Å². The maximum Gasteiger partial charge on any atom is 0.255 e. The van der Waals surface area contributed by atoms with E-state index in [0.717, 1.165) is 46.3 Å². The van der Waals surface area contributed by atoms with Gasteiger partial charge < -0.3 is 15.8 Å². The average molecular weight is 457 g/mol. The van der Waals surface area contributed by atoms with Crippen molar-refractivity contribution in [1.82, 2.24) is 25.1 Å². The van der Waals surface area contributed by atoms with Gasteiger partial charge in [-0.2, -0.15) is 5.10 Å². The lowest BCUT2D eigenvalue weighted by Crippen LogP contribution is -2.23. The maximum absolute atomic E-state index is 12.7. The molecule has 2 heterocycles. The maximum atomic E-state index is 12.7. The number of rotatable bonds is 6. The zero-order chi connectivity index (χ0) is 23.7. The average Bonchev–Trinajstić information content (AvgIpc) is 3.51. The van der Waals surface area contributed by atoms with Gasteiger partial charge in [0.1, 0.15) is 23.6 Å². The van der Waals surface area contributed by atoms with Crippen molar-refractivity contribution >= 4 is 22.8 Å². The van der Waals surface area contributed by atoms with E-state index in [1.54, 1.807) is 13.2 Å². The highest BCUT2D eigenvalue weighted by Gasteiger charge is 2.24. The summed E-state index contributed by atoms with van der Waals surface area (Å²) in [5, 5.41) is 8.69. The molecule has 0 aliphatic heterocycles. The predicted molar refractivity (Wildman–Crippen MR) is 132 cm³/mol. The summed E-state index contributed by atoms with van der Waals surface area (Å²) in [7, 11) is 1.57. The number of benzene rings is 2. The fraction of sp³-hybridized carbons (Fsp3) is 0.308. The molecule has 0 saturated heterocycles. The van der Waals surface area contributed by atoms with E-state index in [0.29, 0.717) is 29.7 Å². The number of carbonyl (C=O) groups is 1. The van der Waals surface area contributed by atoms with Crippen molar-refractivity contribution in [1.29, 1.82) is 0 Å². The molecule has 1 amide bonds. The molecule has 2 aromatic carbocycles. The molecule has 0 atom stereocenters. The molecule has 1 fully saturated rings. The van der Waals surface area contributed by atoms with Crippen LogP contribution in [0.4, 0.5) is 5.82 Å². The first-order valence-corrected chi connectivity index (χ1v) is 11.6. The molecule has 0 spiro atoms. The van der Waals surface area contributed by atoms with Crippen molar-refractivity contribution in [2.45, 2.75) is 45.2 Å². The van der Waals surface area contributed by atoms with Crippen LogP contribution in [0.25, 0.3) is 22.3 Å². The first kappa shape index (κ1) is 21.9. The van der Waals surface area contributed by atoms with Crippen LogP contribution in [0.2, 0.25) is 0 Å². The van der Waals surface area contributed by atoms with Crippen LogP contribution in [-0.4, -0.2) is 32.8 Å². The number of nitrogen functional groups attached to an aromatic ring is 1. The van der Waals surface area contributed by atoms with Gasteiger partial charge in [0.25, 0.3) is 5.91 Å². The van der Waals surface area contributed by atoms with Crippen LogP contribution in [0, 0.1) is 6.92 Å². The highest BCUT2D eigenvalue weighted by molar-refractivity contribution is 5.98. The molecule has 2 aromatic heterocycles. The number of hydrogen-bond acceptors (Lipinski definition) is 6. The summed E-state index contributed by atoms with van der Waals surface area (Å²) in [6, 6.07) is 13.9. The Hall–Kier alpha value is -3.94.